The lowest BCUT2D eigenvalue weighted by molar-refractivity contribution is -0.385. The van der Waals surface area contributed by atoms with Crippen molar-refractivity contribution in [2.45, 2.75) is 6.61 Å². The number of carbonyl (C=O) groups excluding carboxylic acids is 1. The predicted molar refractivity (Wildman–Crippen MR) is 122 cm³/mol. The van der Waals surface area contributed by atoms with Gasteiger partial charge in [0.2, 0.25) is 5.91 Å². The average molecular weight is 474 g/mol. The molecule has 174 valence electrons. The molecule has 1 amide bonds. The Balaban J connectivity index is 1.29. The molecule has 0 atom stereocenters. The Morgan fingerprint density at radius 3 is 2.67 bits per heavy atom. The summed E-state index contributed by atoms with van der Waals surface area (Å²) in [6.07, 6.45) is 3.02. The fourth-order valence-corrected chi connectivity index (χ4v) is 3.87. The van der Waals surface area contributed by atoms with Crippen LogP contribution in [0.5, 0.6) is 11.5 Å². The topological polar surface area (TPSA) is 94.4 Å². The Kier molecular flexibility index (Phi) is 7.43. The standard InChI is InChI=1S/C23H24ClN3O6/c24-19-2-4-21(5-3-19)32-12-11-25-7-9-26(10-8-25)22(28)6-1-17-13-20(27(29)30)14-18-15-31-16-33-23(17)18/h1-6,13-14H,7-12,15-16H2/b6-1+. The average Bonchev–Trinajstić information content (AvgIpc) is 2.83. The summed E-state index contributed by atoms with van der Waals surface area (Å²) in [5.74, 6) is 1.15. The molecule has 1 saturated heterocycles. The number of non-ortho nitro benzene ring substituents is 1. The number of nitro benzene ring substituents is 1. The molecule has 2 heterocycles. The first kappa shape index (κ1) is 23.0. The Morgan fingerprint density at radius 2 is 1.94 bits per heavy atom. The van der Waals surface area contributed by atoms with Gasteiger partial charge in [-0.25, -0.2) is 0 Å². The van der Waals surface area contributed by atoms with E-state index in [0.29, 0.717) is 41.6 Å². The molecular weight excluding hydrogens is 450 g/mol. The number of nitrogens with zero attached hydrogens (tertiary/aromatic N) is 3. The van der Waals surface area contributed by atoms with Crippen molar-refractivity contribution in [3.05, 3.63) is 68.7 Å². The van der Waals surface area contributed by atoms with Crippen molar-refractivity contribution in [3.63, 3.8) is 0 Å². The van der Waals surface area contributed by atoms with Crippen LogP contribution in [0.4, 0.5) is 5.69 Å². The van der Waals surface area contributed by atoms with Gasteiger partial charge in [0.1, 0.15) is 18.1 Å². The summed E-state index contributed by atoms with van der Waals surface area (Å²) in [5, 5.41) is 11.9. The summed E-state index contributed by atoms with van der Waals surface area (Å²) >= 11 is 5.88. The molecule has 0 bridgehead atoms. The van der Waals surface area contributed by atoms with Crippen LogP contribution in [0.2, 0.25) is 5.02 Å². The number of amides is 1. The Morgan fingerprint density at radius 1 is 1.18 bits per heavy atom. The first-order valence-corrected chi connectivity index (χ1v) is 11.0. The molecule has 2 aromatic rings. The molecule has 33 heavy (non-hydrogen) atoms. The molecule has 10 heteroatoms. The smallest absolute Gasteiger partial charge is 0.270 e. The van der Waals surface area contributed by atoms with Crippen molar-refractivity contribution in [1.29, 1.82) is 0 Å². The van der Waals surface area contributed by atoms with Gasteiger partial charge >= 0.3 is 0 Å². The van der Waals surface area contributed by atoms with E-state index in [2.05, 4.69) is 4.90 Å². The van der Waals surface area contributed by atoms with Crippen LogP contribution in [0.25, 0.3) is 6.08 Å². The van der Waals surface area contributed by atoms with Crippen molar-refractivity contribution < 1.29 is 23.9 Å². The second kappa shape index (κ2) is 10.7. The van der Waals surface area contributed by atoms with E-state index in [4.69, 9.17) is 25.8 Å². The summed E-state index contributed by atoms with van der Waals surface area (Å²) in [6, 6.07) is 10.1. The van der Waals surface area contributed by atoms with Gasteiger partial charge < -0.3 is 19.1 Å². The molecule has 0 saturated carbocycles. The van der Waals surface area contributed by atoms with Crippen LogP contribution < -0.4 is 9.47 Å². The molecule has 0 N–H and O–H groups in total. The van der Waals surface area contributed by atoms with Gasteiger partial charge in [0.15, 0.2) is 6.79 Å². The number of hydrogen-bond donors (Lipinski definition) is 0. The van der Waals surface area contributed by atoms with Gasteiger partial charge in [-0.3, -0.25) is 19.8 Å². The lowest BCUT2D eigenvalue weighted by atomic mass is 10.1. The second-order valence-electron chi connectivity index (χ2n) is 7.69. The maximum absolute atomic E-state index is 12.7. The number of piperazine rings is 1. The van der Waals surface area contributed by atoms with Crippen LogP contribution >= 0.6 is 11.6 Å². The third kappa shape index (κ3) is 6.01. The highest BCUT2D eigenvalue weighted by Gasteiger charge is 2.22. The number of benzene rings is 2. The molecule has 2 aliphatic heterocycles. The minimum Gasteiger partial charge on any atom is -0.492 e. The Hall–Kier alpha value is -3.14. The Labute approximate surface area is 196 Å². The van der Waals surface area contributed by atoms with E-state index < -0.39 is 4.92 Å². The van der Waals surface area contributed by atoms with Gasteiger partial charge in [-0.1, -0.05) is 11.6 Å². The monoisotopic (exact) mass is 473 g/mol. The number of fused-ring (bicyclic) bond motifs is 1. The van der Waals surface area contributed by atoms with Gasteiger partial charge in [0.25, 0.3) is 5.69 Å². The van der Waals surface area contributed by atoms with E-state index in [-0.39, 0.29) is 25.0 Å². The minimum absolute atomic E-state index is 0.0654. The summed E-state index contributed by atoms with van der Waals surface area (Å²) in [5.41, 5.74) is 1.02. The molecule has 0 radical (unpaired) electrons. The number of ether oxygens (including phenoxy) is 3. The largest absolute Gasteiger partial charge is 0.492 e. The zero-order valence-electron chi connectivity index (χ0n) is 17.9. The highest BCUT2D eigenvalue weighted by Crippen LogP contribution is 2.33. The summed E-state index contributed by atoms with van der Waals surface area (Å²) < 4.78 is 16.5. The maximum Gasteiger partial charge on any atom is 0.270 e. The number of rotatable bonds is 7. The molecular formula is C23H24ClN3O6. The van der Waals surface area contributed by atoms with Crippen LogP contribution in [0, 0.1) is 10.1 Å². The van der Waals surface area contributed by atoms with Gasteiger partial charge in [0.05, 0.1) is 11.5 Å². The van der Waals surface area contributed by atoms with Gasteiger partial charge in [-0.05, 0) is 30.3 Å². The quantitative estimate of drug-likeness (QED) is 0.346. The SMILES string of the molecule is O=C(/C=C/c1cc([N+](=O)[O-])cc2c1OCOC2)N1CCN(CCOc2ccc(Cl)cc2)CC1. The van der Waals surface area contributed by atoms with E-state index in [1.807, 2.05) is 12.1 Å². The molecule has 2 aliphatic rings. The van der Waals surface area contributed by atoms with Crippen molar-refractivity contribution in [2.24, 2.45) is 0 Å². The first-order chi connectivity index (χ1) is 16.0. The third-order valence-corrected chi connectivity index (χ3v) is 5.77. The summed E-state index contributed by atoms with van der Waals surface area (Å²) in [7, 11) is 0. The molecule has 0 aliphatic carbocycles. The highest BCUT2D eigenvalue weighted by atomic mass is 35.5. The molecule has 9 nitrogen and oxygen atoms in total. The van der Waals surface area contributed by atoms with Crippen LogP contribution in [-0.2, 0) is 16.1 Å². The number of halogens is 1. The van der Waals surface area contributed by atoms with E-state index >= 15 is 0 Å². The normalized spacial score (nSPS) is 16.3. The summed E-state index contributed by atoms with van der Waals surface area (Å²) in [4.78, 5) is 27.4. The lowest BCUT2D eigenvalue weighted by Crippen LogP contribution is -2.49. The van der Waals surface area contributed by atoms with Crippen molar-refractivity contribution in [3.8, 4) is 11.5 Å². The van der Waals surface area contributed by atoms with Crippen LogP contribution in [0.15, 0.2) is 42.5 Å². The predicted octanol–water partition coefficient (Wildman–Crippen LogP) is 3.35. The van der Waals surface area contributed by atoms with Crippen molar-refractivity contribution >= 4 is 29.3 Å². The van der Waals surface area contributed by atoms with Crippen molar-refractivity contribution in [1.82, 2.24) is 9.80 Å². The zero-order valence-corrected chi connectivity index (χ0v) is 18.7. The van der Waals surface area contributed by atoms with Gasteiger partial charge in [-0.2, -0.15) is 0 Å². The molecule has 1 fully saturated rings. The molecule has 2 aromatic carbocycles. The number of nitro groups is 1. The van der Waals surface area contributed by atoms with E-state index in [9.17, 15) is 14.9 Å². The fraction of sp³-hybridized carbons (Fsp3) is 0.348. The van der Waals surface area contributed by atoms with Crippen LogP contribution in [0.3, 0.4) is 0 Å². The van der Waals surface area contributed by atoms with Crippen molar-refractivity contribution in [2.75, 3.05) is 46.1 Å². The Bertz CT molecular complexity index is 1040. The number of carbonyl (C=O) groups is 1. The third-order valence-electron chi connectivity index (χ3n) is 5.51. The minimum atomic E-state index is -0.468. The lowest BCUT2D eigenvalue weighted by Gasteiger charge is -2.34. The zero-order chi connectivity index (χ0) is 23.2. The molecule has 0 unspecified atom stereocenters. The van der Waals surface area contributed by atoms with E-state index in [1.165, 1.54) is 18.2 Å². The van der Waals surface area contributed by atoms with Gasteiger partial charge in [0, 0.05) is 67.1 Å². The fourth-order valence-electron chi connectivity index (χ4n) is 3.74. The highest BCUT2D eigenvalue weighted by molar-refractivity contribution is 6.30. The molecule has 0 spiro atoms. The first-order valence-electron chi connectivity index (χ1n) is 10.6. The molecule has 4 rings (SSSR count). The van der Waals surface area contributed by atoms with Crippen LogP contribution in [0.1, 0.15) is 11.1 Å². The van der Waals surface area contributed by atoms with Gasteiger partial charge in [-0.15, -0.1) is 0 Å². The maximum atomic E-state index is 12.7. The summed E-state index contributed by atoms with van der Waals surface area (Å²) in [6.45, 7) is 4.31. The number of hydrogen-bond acceptors (Lipinski definition) is 7. The van der Waals surface area contributed by atoms with E-state index in [0.717, 1.165) is 25.4 Å². The molecule has 0 aromatic heterocycles. The second-order valence-corrected chi connectivity index (χ2v) is 8.13. The van der Waals surface area contributed by atoms with E-state index in [1.54, 1.807) is 23.1 Å². The van der Waals surface area contributed by atoms with Crippen LogP contribution in [-0.4, -0.2) is 66.8 Å².